The normalized spacial score (nSPS) is 32.5. The fraction of sp³-hybridized carbons (Fsp3) is 0.684. The number of piperazine rings is 1. The van der Waals surface area contributed by atoms with Gasteiger partial charge < -0.3 is 4.74 Å². The quantitative estimate of drug-likeness (QED) is 0.850. The van der Waals surface area contributed by atoms with E-state index in [1.54, 1.807) is 7.11 Å². The third-order valence-electron chi connectivity index (χ3n) is 6.14. The van der Waals surface area contributed by atoms with E-state index in [1.807, 2.05) is 0 Å². The van der Waals surface area contributed by atoms with Crippen LogP contribution in [0.5, 0.6) is 5.75 Å². The monoisotopic (exact) mass is 300 g/mol. The molecule has 2 aliphatic carbocycles. The van der Waals surface area contributed by atoms with Gasteiger partial charge in [0, 0.05) is 38.8 Å². The Bertz CT molecular complexity index is 493. The molecule has 2 saturated carbocycles. The van der Waals surface area contributed by atoms with Crippen LogP contribution in [0.15, 0.2) is 24.3 Å². The molecule has 1 saturated heterocycles. The van der Waals surface area contributed by atoms with Gasteiger partial charge in [0.1, 0.15) is 5.75 Å². The van der Waals surface area contributed by atoms with Crippen molar-refractivity contribution in [3.05, 3.63) is 29.8 Å². The second-order valence-corrected chi connectivity index (χ2v) is 7.40. The molecule has 1 aromatic rings. The zero-order chi connectivity index (χ0) is 14.9. The summed E-state index contributed by atoms with van der Waals surface area (Å²) in [5, 5.41) is 0. The lowest BCUT2D eigenvalue weighted by Gasteiger charge is -2.41. The molecule has 0 spiro atoms. The summed E-state index contributed by atoms with van der Waals surface area (Å²) in [5.74, 6) is 3.04. The van der Waals surface area contributed by atoms with Crippen molar-refractivity contribution in [3.63, 3.8) is 0 Å². The summed E-state index contributed by atoms with van der Waals surface area (Å²) in [4.78, 5) is 5.40. The first-order valence-corrected chi connectivity index (χ1v) is 8.91. The maximum Gasteiger partial charge on any atom is 0.118 e. The van der Waals surface area contributed by atoms with Crippen molar-refractivity contribution < 1.29 is 4.74 Å². The fourth-order valence-electron chi connectivity index (χ4n) is 4.90. The molecule has 3 aliphatic rings. The first kappa shape index (κ1) is 14.5. The molecular weight excluding hydrogens is 272 g/mol. The molecule has 3 fully saturated rings. The van der Waals surface area contributed by atoms with Crippen LogP contribution >= 0.6 is 0 Å². The van der Waals surface area contributed by atoms with Crippen LogP contribution in [0.4, 0.5) is 0 Å². The molecule has 22 heavy (non-hydrogen) atoms. The molecule has 120 valence electrons. The lowest BCUT2D eigenvalue weighted by Crippen LogP contribution is -2.51. The topological polar surface area (TPSA) is 15.7 Å². The minimum Gasteiger partial charge on any atom is -0.497 e. The molecule has 0 aromatic heterocycles. The summed E-state index contributed by atoms with van der Waals surface area (Å²) in [6.07, 6.45) is 6.03. The van der Waals surface area contributed by atoms with Gasteiger partial charge in [0.15, 0.2) is 0 Å². The predicted molar refractivity (Wildman–Crippen MR) is 89.1 cm³/mol. The number of rotatable bonds is 4. The highest BCUT2D eigenvalue weighted by Crippen LogP contribution is 2.46. The molecule has 2 bridgehead atoms. The van der Waals surface area contributed by atoms with E-state index in [0.29, 0.717) is 0 Å². The number of ether oxygens (including phenoxy) is 1. The highest BCUT2D eigenvalue weighted by molar-refractivity contribution is 5.27. The van der Waals surface area contributed by atoms with Gasteiger partial charge in [-0.25, -0.2) is 0 Å². The van der Waals surface area contributed by atoms with E-state index in [2.05, 4.69) is 34.1 Å². The van der Waals surface area contributed by atoms with Crippen molar-refractivity contribution in [2.24, 2.45) is 11.8 Å². The first-order chi connectivity index (χ1) is 10.8. The molecular formula is C19H28N2O. The van der Waals surface area contributed by atoms with Crippen LogP contribution in [0.25, 0.3) is 0 Å². The van der Waals surface area contributed by atoms with E-state index in [0.717, 1.165) is 30.2 Å². The summed E-state index contributed by atoms with van der Waals surface area (Å²) < 4.78 is 5.23. The van der Waals surface area contributed by atoms with Gasteiger partial charge in [-0.3, -0.25) is 9.80 Å². The summed E-state index contributed by atoms with van der Waals surface area (Å²) in [6, 6.07) is 9.45. The van der Waals surface area contributed by atoms with Crippen molar-refractivity contribution in [3.8, 4) is 5.75 Å². The smallest absolute Gasteiger partial charge is 0.118 e. The molecule has 1 heterocycles. The Hall–Kier alpha value is -1.06. The van der Waals surface area contributed by atoms with Gasteiger partial charge in [-0.2, -0.15) is 0 Å². The van der Waals surface area contributed by atoms with Crippen LogP contribution in [0.3, 0.4) is 0 Å². The van der Waals surface area contributed by atoms with E-state index in [9.17, 15) is 0 Å². The molecule has 3 nitrogen and oxygen atoms in total. The van der Waals surface area contributed by atoms with E-state index < -0.39 is 0 Å². The Morgan fingerprint density at radius 3 is 2.36 bits per heavy atom. The number of hydrogen-bond acceptors (Lipinski definition) is 3. The van der Waals surface area contributed by atoms with E-state index in [-0.39, 0.29) is 0 Å². The molecule has 3 heteroatoms. The van der Waals surface area contributed by atoms with Gasteiger partial charge >= 0.3 is 0 Å². The van der Waals surface area contributed by atoms with Gasteiger partial charge in [0.25, 0.3) is 0 Å². The second-order valence-electron chi connectivity index (χ2n) is 7.40. The SMILES string of the molecule is COc1ccc(CN2CCN([C@@H]3C[C@H]4CC[C@@H]3C4)CC2)cc1. The van der Waals surface area contributed by atoms with Crippen molar-refractivity contribution in [1.29, 1.82) is 0 Å². The summed E-state index contributed by atoms with van der Waals surface area (Å²) in [7, 11) is 1.73. The summed E-state index contributed by atoms with van der Waals surface area (Å²) in [5.41, 5.74) is 1.40. The molecule has 3 atom stereocenters. The van der Waals surface area contributed by atoms with E-state index in [4.69, 9.17) is 4.74 Å². The molecule has 0 radical (unpaired) electrons. The molecule has 0 N–H and O–H groups in total. The zero-order valence-electron chi connectivity index (χ0n) is 13.7. The van der Waals surface area contributed by atoms with Crippen LogP contribution in [0.2, 0.25) is 0 Å². The Morgan fingerprint density at radius 1 is 1.00 bits per heavy atom. The average molecular weight is 300 g/mol. The van der Waals surface area contributed by atoms with Crippen molar-refractivity contribution in [2.45, 2.75) is 38.3 Å². The number of fused-ring (bicyclic) bond motifs is 2. The highest BCUT2D eigenvalue weighted by atomic mass is 16.5. The van der Waals surface area contributed by atoms with Crippen LogP contribution in [-0.4, -0.2) is 49.1 Å². The zero-order valence-corrected chi connectivity index (χ0v) is 13.7. The molecule has 0 amide bonds. The maximum absolute atomic E-state index is 5.23. The minimum atomic E-state index is 0.918. The van der Waals surface area contributed by atoms with Crippen LogP contribution < -0.4 is 4.74 Å². The molecule has 1 aliphatic heterocycles. The third-order valence-corrected chi connectivity index (χ3v) is 6.14. The van der Waals surface area contributed by atoms with Crippen LogP contribution in [0, 0.1) is 11.8 Å². The van der Waals surface area contributed by atoms with Gasteiger partial charge in [-0.05, 0) is 48.8 Å². The molecule has 1 aromatic carbocycles. The van der Waals surface area contributed by atoms with Gasteiger partial charge in [0.2, 0.25) is 0 Å². The number of hydrogen-bond donors (Lipinski definition) is 0. The average Bonchev–Trinajstić information content (AvgIpc) is 3.19. The lowest BCUT2D eigenvalue weighted by atomic mass is 9.93. The van der Waals surface area contributed by atoms with Crippen molar-refractivity contribution in [2.75, 3.05) is 33.3 Å². The van der Waals surface area contributed by atoms with Crippen LogP contribution in [-0.2, 0) is 6.54 Å². The predicted octanol–water partition coefficient (Wildman–Crippen LogP) is 3.00. The second kappa shape index (κ2) is 6.21. The first-order valence-electron chi connectivity index (χ1n) is 8.91. The van der Waals surface area contributed by atoms with Gasteiger partial charge in [-0.1, -0.05) is 18.6 Å². The third kappa shape index (κ3) is 2.89. The minimum absolute atomic E-state index is 0.918. The number of methoxy groups -OCH3 is 1. The Kier molecular flexibility index (Phi) is 4.10. The molecule has 4 rings (SSSR count). The highest BCUT2D eigenvalue weighted by Gasteiger charge is 2.42. The maximum atomic E-state index is 5.23. The van der Waals surface area contributed by atoms with Crippen LogP contribution in [0.1, 0.15) is 31.2 Å². The Morgan fingerprint density at radius 2 is 1.77 bits per heavy atom. The van der Waals surface area contributed by atoms with Gasteiger partial charge in [0.05, 0.1) is 7.11 Å². The fourth-order valence-corrected chi connectivity index (χ4v) is 4.90. The Balaban J connectivity index is 1.28. The Labute approximate surface area is 134 Å². The van der Waals surface area contributed by atoms with E-state index in [1.165, 1.54) is 57.4 Å². The van der Waals surface area contributed by atoms with Crippen molar-refractivity contribution in [1.82, 2.24) is 9.80 Å². The summed E-state index contributed by atoms with van der Waals surface area (Å²) in [6.45, 7) is 6.06. The lowest BCUT2D eigenvalue weighted by molar-refractivity contribution is 0.0679. The molecule has 0 unspecified atom stereocenters. The summed E-state index contributed by atoms with van der Waals surface area (Å²) >= 11 is 0. The largest absolute Gasteiger partial charge is 0.497 e. The van der Waals surface area contributed by atoms with Crippen molar-refractivity contribution >= 4 is 0 Å². The van der Waals surface area contributed by atoms with Gasteiger partial charge in [-0.15, -0.1) is 0 Å². The standard InChI is InChI=1S/C19H28N2O/c1-22-18-6-3-15(4-7-18)14-20-8-10-21(11-9-20)19-13-16-2-5-17(19)12-16/h3-4,6-7,16-17,19H,2,5,8-14H2,1H3/t16-,17+,19+/m0/s1. The number of benzene rings is 1. The number of nitrogens with zero attached hydrogens (tertiary/aromatic N) is 2. The van der Waals surface area contributed by atoms with E-state index >= 15 is 0 Å².